The van der Waals surface area contributed by atoms with Crippen LogP contribution in [0.3, 0.4) is 0 Å². The minimum atomic E-state index is -4.29. The highest BCUT2D eigenvalue weighted by atomic mass is 19.4. The molecule has 0 saturated heterocycles. The Morgan fingerprint density at radius 3 is 2.37 bits per heavy atom. The van der Waals surface area contributed by atoms with E-state index >= 15 is 0 Å². The Bertz CT molecular complexity index is 271. The first kappa shape index (κ1) is 18.2. The fourth-order valence-corrected chi connectivity index (χ4v) is 1.49. The number of alkyl halides is 3. The van der Waals surface area contributed by atoms with E-state index in [0.717, 1.165) is 0 Å². The van der Waals surface area contributed by atoms with Crippen molar-refractivity contribution in [3.63, 3.8) is 0 Å². The van der Waals surface area contributed by atoms with E-state index in [1.807, 2.05) is 0 Å². The quantitative estimate of drug-likeness (QED) is 0.521. The molecular formula is C12H22F3NO3. The summed E-state index contributed by atoms with van der Waals surface area (Å²) < 4.78 is 44.8. The molecule has 0 aliphatic heterocycles. The molecular weight excluding hydrogens is 263 g/mol. The Labute approximate surface area is 111 Å². The summed E-state index contributed by atoms with van der Waals surface area (Å²) in [7, 11) is 1.65. The van der Waals surface area contributed by atoms with Gasteiger partial charge in [-0.25, -0.2) is 0 Å². The third kappa shape index (κ3) is 8.05. The number of halogens is 3. The van der Waals surface area contributed by atoms with Crippen molar-refractivity contribution >= 4 is 5.97 Å². The van der Waals surface area contributed by atoms with Gasteiger partial charge >= 0.3 is 12.1 Å². The van der Waals surface area contributed by atoms with E-state index in [4.69, 9.17) is 4.74 Å². The van der Waals surface area contributed by atoms with Gasteiger partial charge in [0.25, 0.3) is 0 Å². The molecule has 4 nitrogen and oxygen atoms in total. The second kappa shape index (κ2) is 8.37. The van der Waals surface area contributed by atoms with Crippen LogP contribution in [0.2, 0.25) is 0 Å². The summed E-state index contributed by atoms with van der Waals surface area (Å²) >= 11 is 0. The lowest BCUT2D eigenvalue weighted by atomic mass is 9.95. The van der Waals surface area contributed by atoms with Crippen molar-refractivity contribution in [2.45, 2.75) is 44.8 Å². The van der Waals surface area contributed by atoms with Crippen molar-refractivity contribution in [3.05, 3.63) is 0 Å². The molecule has 0 fully saturated rings. The summed E-state index contributed by atoms with van der Waals surface area (Å²) in [5.74, 6) is -0.353. The lowest BCUT2D eigenvalue weighted by Crippen LogP contribution is -2.48. The van der Waals surface area contributed by atoms with E-state index in [2.05, 4.69) is 10.1 Å². The lowest BCUT2D eigenvalue weighted by molar-refractivity contribution is -0.174. The number of nitrogens with one attached hydrogen (secondary N) is 1. The SMILES string of the molecule is CCOC(=O)C(C)(CCCCOCC(F)(F)F)NC. The van der Waals surface area contributed by atoms with Crippen LogP contribution in [0, 0.1) is 0 Å². The highest BCUT2D eigenvalue weighted by Gasteiger charge is 2.32. The minimum Gasteiger partial charge on any atom is -0.465 e. The van der Waals surface area contributed by atoms with Gasteiger partial charge in [-0.2, -0.15) is 13.2 Å². The lowest BCUT2D eigenvalue weighted by Gasteiger charge is -2.26. The number of hydrogen-bond acceptors (Lipinski definition) is 4. The van der Waals surface area contributed by atoms with Crippen LogP contribution in [0.5, 0.6) is 0 Å². The molecule has 0 bridgehead atoms. The average molecular weight is 285 g/mol. The molecule has 1 N–H and O–H groups in total. The molecule has 114 valence electrons. The van der Waals surface area contributed by atoms with Gasteiger partial charge in [0.2, 0.25) is 0 Å². The number of rotatable bonds is 9. The fraction of sp³-hybridized carbons (Fsp3) is 0.917. The largest absolute Gasteiger partial charge is 0.465 e. The van der Waals surface area contributed by atoms with Crippen LogP contribution >= 0.6 is 0 Å². The summed E-state index contributed by atoms with van der Waals surface area (Å²) in [6, 6.07) is 0. The van der Waals surface area contributed by atoms with Crippen LogP contribution in [0.25, 0.3) is 0 Å². The zero-order valence-corrected chi connectivity index (χ0v) is 11.6. The van der Waals surface area contributed by atoms with Crippen LogP contribution < -0.4 is 5.32 Å². The maximum absolute atomic E-state index is 11.8. The van der Waals surface area contributed by atoms with Crippen molar-refractivity contribution in [2.75, 3.05) is 26.9 Å². The predicted molar refractivity (Wildman–Crippen MR) is 64.8 cm³/mol. The molecule has 0 aliphatic carbocycles. The number of carbonyl (C=O) groups is 1. The summed E-state index contributed by atoms with van der Waals surface area (Å²) in [6.07, 6.45) is -2.76. The topological polar surface area (TPSA) is 47.6 Å². The molecule has 0 aromatic heterocycles. The Balaban J connectivity index is 3.87. The standard InChI is InChI=1S/C12H22F3NO3/c1-4-19-10(17)11(2,16-3)7-5-6-8-18-9-12(13,14)15/h16H,4-9H2,1-3H3. The zero-order chi connectivity index (χ0) is 14.9. The number of ether oxygens (including phenoxy) is 2. The number of unbranched alkanes of at least 4 members (excludes halogenated alkanes) is 1. The Morgan fingerprint density at radius 1 is 1.26 bits per heavy atom. The summed E-state index contributed by atoms with van der Waals surface area (Å²) in [4.78, 5) is 11.7. The minimum absolute atomic E-state index is 0.0299. The molecule has 0 saturated carbocycles. The van der Waals surface area contributed by atoms with Gasteiger partial charge in [0.1, 0.15) is 12.1 Å². The van der Waals surface area contributed by atoms with Crippen molar-refractivity contribution in [3.8, 4) is 0 Å². The molecule has 0 aliphatic rings. The van der Waals surface area contributed by atoms with Crippen LogP contribution in [0.15, 0.2) is 0 Å². The van der Waals surface area contributed by atoms with E-state index in [9.17, 15) is 18.0 Å². The maximum atomic E-state index is 11.8. The molecule has 0 aromatic rings. The Hall–Kier alpha value is -0.820. The van der Waals surface area contributed by atoms with Gasteiger partial charge < -0.3 is 14.8 Å². The molecule has 0 radical (unpaired) electrons. The van der Waals surface area contributed by atoms with E-state index in [1.165, 1.54) is 0 Å². The maximum Gasteiger partial charge on any atom is 0.411 e. The van der Waals surface area contributed by atoms with E-state index in [-0.39, 0.29) is 12.6 Å². The summed E-state index contributed by atoms with van der Waals surface area (Å²) in [6.45, 7) is 2.53. The first-order chi connectivity index (χ1) is 8.75. The van der Waals surface area contributed by atoms with Gasteiger partial charge in [-0.3, -0.25) is 4.79 Å². The number of esters is 1. The van der Waals surface area contributed by atoms with Crippen molar-refractivity contribution in [1.82, 2.24) is 5.32 Å². The Kier molecular flexibility index (Phi) is 8.01. The Morgan fingerprint density at radius 2 is 1.89 bits per heavy atom. The van der Waals surface area contributed by atoms with Gasteiger partial charge in [0.05, 0.1) is 6.61 Å². The van der Waals surface area contributed by atoms with Gasteiger partial charge in [-0.05, 0) is 40.2 Å². The molecule has 1 unspecified atom stereocenters. The molecule has 7 heteroatoms. The molecule has 0 aromatic carbocycles. The van der Waals surface area contributed by atoms with E-state index < -0.39 is 18.3 Å². The molecule has 1 atom stereocenters. The zero-order valence-electron chi connectivity index (χ0n) is 11.6. The monoisotopic (exact) mass is 285 g/mol. The molecule has 19 heavy (non-hydrogen) atoms. The normalized spacial score (nSPS) is 15.1. The van der Waals surface area contributed by atoms with Gasteiger partial charge in [0, 0.05) is 6.61 Å². The van der Waals surface area contributed by atoms with Crippen molar-refractivity contribution in [2.24, 2.45) is 0 Å². The summed E-state index contributed by atoms with van der Waals surface area (Å²) in [5, 5.41) is 2.88. The van der Waals surface area contributed by atoms with Crippen LogP contribution in [-0.2, 0) is 14.3 Å². The van der Waals surface area contributed by atoms with Crippen molar-refractivity contribution < 1.29 is 27.4 Å². The second-order valence-electron chi connectivity index (χ2n) is 4.43. The van der Waals surface area contributed by atoms with Crippen LogP contribution in [0.1, 0.15) is 33.1 Å². The third-order valence-corrected chi connectivity index (χ3v) is 2.76. The number of carbonyl (C=O) groups excluding carboxylic acids is 1. The molecule has 0 heterocycles. The fourth-order valence-electron chi connectivity index (χ4n) is 1.49. The highest BCUT2D eigenvalue weighted by Crippen LogP contribution is 2.17. The predicted octanol–water partition coefficient (Wildman–Crippen LogP) is 2.28. The molecule has 0 rings (SSSR count). The van der Waals surface area contributed by atoms with Crippen LogP contribution in [0.4, 0.5) is 13.2 Å². The van der Waals surface area contributed by atoms with Crippen molar-refractivity contribution in [1.29, 1.82) is 0 Å². The van der Waals surface area contributed by atoms with Gasteiger partial charge in [-0.15, -0.1) is 0 Å². The second-order valence-corrected chi connectivity index (χ2v) is 4.43. The van der Waals surface area contributed by atoms with Gasteiger partial charge in [-0.1, -0.05) is 0 Å². The average Bonchev–Trinajstić information content (AvgIpc) is 2.32. The molecule has 0 amide bonds. The first-order valence-corrected chi connectivity index (χ1v) is 6.26. The smallest absolute Gasteiger partial charge is 0.411 e. The van der Waals surface area contributed by atoms with E-state index in [0.29, 0.717) is 25.9 Å². The highest BCUT2D eigenvalue weighted by molar-refractivity contribution is 5.80. The van der Waals surface area contributed by atoms with Gasteiger partial charge in [0.15, 0.2) is 0 Å². The first-order valence-electron chi connectivity index (χ1n) is 6.26. The summed E-state index contributed by atoms with van der Waals surface area (Å²) in [5.41, 5.74) is -0.806. The number of likely N-dealkylation sites (N-methyl/N-ethyl adjacent to an activating group) is 1. The van der Waals surface area contributed by atoms with E-state index in [1.54, 1.807) is 20.9 Å². The third-order valence-electron chi connectivity index (χ3n) is 2.76. The molecule has 0 spiro atoms. The number of hydrogen-bond donors (Lipinski definition) is 1. The van der Waals surface area contributed by atoms with Crippen LogP contribution in [-0.4, -0.2) is 44.6 Å².